The molecule has 1 aromatic heterocycles. The summed E-state index contributed by atoms with van der Waals surface area (Å²) in [5, 5.41) is 3.20. The molecule has 0 atom stereocenters. The number of rotatable bonds is 3. The second kappa shape index (κ2) is 4.62. The molecule has 1 fully saturated rings. The molecule has 3 nitrogen and oxygen atoms in total. The molecule has 2 rings (SSSR count). The quantitative estimate of drug-likeness (QED) is 0.814. The van der Waals surface area contributed by atoms with Crippen molar-refractivity contribution in [3.63, 3.8) is 0 Å². The summed E-state index contributed by atoms with van der Waals surface area (Å²) >= 11 is 0. The minimum Gasteiger partial charge on any atom is -0.371 e. The summed E-state index contributed by atoms with van der Waals surface area (Å²) < 4.78 is 0. The van der Waals surface area contributed by atoms with Gasteiger partial charge in [0.05, 0.1) is 0 Å². The fourth-order valence-corrected chi connectivity index (χ4v) is 2.15. The molecule has 0 aromatic carbocycles. The van der Waals surface area contributed by atoms with Crippen molar-refractivity contribution in [2.75, 3.05) is 25.0 Å². The van der Waals surface area contributed by atoms with E-state index in [1.165, 1.54) is 37.2 Å². The van der Waals surface area contributed by atoms with E-state index >= 15 is 0 Å². The van der Waals surface area contributed by atoms with Gasteiger partial charge in [-0.1, -0.05) is 0 Å². The summed E-state index contributed by atoms with van der Waals surface area (Å²) in [6, 6.07) is 2.21. The molecule has 1 aliphatic rings. The molecule has 0 radical (unpaired) electrons. The lowest BCUT2D eigenvalue weighted by Crippen LogP contribution is -2.21. The number of aromatic nitrogens is 1. The van der Waals surface area contributed by atoms with Gasteiger partial charge in [-0.2, -0.15) is 0 Å². The van der Waals surface area contributed by atoms with Gasteiger partial charge in [-0.3, -0.25) is 4.98 Å². The first-order valence-electron chi connectivity index (χ1n) is 5.66. The van der Waals surface area contributed by atoms with Crippen molar-refractivity contribution in [2.24, 2.45) is 0 Å². The van der Waals surface area contributed by atoms with E-state index in [0.717, 1.165) is 12.2 Å². The van der Waals surface area contributed by atoms with E-state index in [9.17, 15) is 0 Å². The number of nitrogens with zero attached hydrogens (tertiary/aromatic N) is 2. The average molecular weight is 205 g/mol. The van der Waals surface area contributed by atoms with Crippen LogP contribution < -0.4 is 10.2 Å². The maximum absolute atomic E-state index is 4.36. The van der Waals surface area contributed by atoms with Gasteiger partial charge in [0.1, 0.15) is 0 Å². The standard InChI is InChI=1S/C12H19N3/c1-10-7-12(15-5-3-4-6-15)11(8-13-2)9-14-10/h7,9,13H,3-6,8H2,1-2H3. The summed E-state index contributed by atoms with van der Waals surface area (Å²) in [6.07, 6.45) is 4.64. The van der Waals surface area contributed by atoms with Crippen molar-refractivity contribution < 1.29 is 0 Å². The summed E-state index contributed by atoms with van der Waals surface area (Å²) in [6.45, 7) is 5.35. The monoisotopic (exact) mass is 205 g/mol. The van der Waals surface area contributed by atoms with Crippen LogP contribution in [-0.2, 0) is 6.54 Å². The molecule has 1 saturated heterocycles. The molecule has 82 valence electrons. The molecular weight excluding hydrogens is 186 g/mol. The number of hydrogen-bond acceptors (Lipinski definition) is 3. The fourth-order valence-electron chi connectivity index (χ4n) is 2.15. The van der Waals surface area contributed by atoms with Gasteiger partial charge in [-0.05, 0) is 32.9 Å². The van der Waals surface area contributed by atoms with E-state index in [4.69, 9.17) is 0 Å². The van der Waals surface area contributed by atoms with E-state index in [-0.39, 0.29) is 0 Å². The Hall–Kier alpha value is -1.09. The van der Waals surface area contributed by atoms with Gasteiger partial charge in [0, 0.05) is 42.8 Å². The fraction of sp³-hybridized carbons (Fsp3) is 0.583. The highest BCUT2D eigenvalue weighted by atomic mass is 15.1. The first-order valence-corrected chi connectivity index (χ1v) is 5.66. The lowest BCUT2D eigenvalue weighted by atomic mass is 10.2. The second-order valence-corrected chi connectivity index (χ2v) is 4.18. The summed E-state index contributed by atoms with van der Waals surface area (Å²) in [5.41, 5.74) is 3.79. The van der Waals surface area contributed by atoms with Crippen LogP contribution in [0.3, 0.4) is 0 Å². The van der Waals surface area contributed by atoms with Crippen molar-refractivity contribution in [1.82, 2.24) is 10.3 Å². The number of hydrogen-bond donors (Lipinski definition) is 1. The summed E-state index contributed by atoms with van der Waals surface area (Å²) in [5.74, 6) is 0. The Kier molecular flexibility index (Phi) is 3.21. The SMILES string of the molecule is CNCc1cnc(C)cc1N1CCCC1. The second-order valence-electron chi connectivity index (χ2n) is 4.18. The molecule has 0 aliphatic carbocycles. The maximum Gasteiger partial charge on any atom is 0.0445 e. The van der Waals surface area contributed by atoms with E-state index in [1.807, 2.05) is 13.2 Å². The van der Waals surface area contributed by atoms with E-state index in [0.29, 0.717) is 0 Å². The Balaban J connectivity index is 2.28. The molecule has 0 saturated carbocycles. The molecule has 15 heavy (non-hydrogen) atoms. The molecule has 1 N–H and O–H groups in total. The molecule has 0 bridgehead atoms. The smallest absolute Gasteiger partial charge is 0.0445 e. The summed E-state index contributed by atoms with van der Waals surface area (Å²) in [4.78, 5) is 6.84. The number of pyridine rings is 1. The van der Waals surface area contributed by atoms with Gasteiger partial charge in [-0.25, -0.2) is 0 Å². The Morgan fingerprint density at radius 2 is 2.13 bits per heavy atom. The van der Waals surface area contributed by atoms with Crippen molar-refractivity contribution in [2.45, 2.75) is 26.3 Å². The predicted molar refractivity (Wildman–Crippen MR) is 63.2 cm³/mol. The minimum absolute atomic E-state index is 0.902. The molecule has 0 spiro atoms. The first kappa shape index (κ1) is 10.4. The van der Waals surface area contributed by atoms with Gasteiger partial charge in [0.15, 0.2) is 0 Å². The van der Waals surface area contributed by atoms with Crippen LogP contribution in [0, 0.1) is 6.92 Å². The van der Waals surface area contributed by atoms with Crippen LogP contribution in [0.1, 0.15) is 24.1 Å². The Morgan fingerprint density at radius 3 is 2.80 bits per heavy atom. The Bertz CT molecular complexity index is 330. The van der Waals surface area contributed by atoms with E-state index in [1.54, 1.807) is 0 Å². The van der Waals surface area contributed by atoms with Gasteiger partial charge >= 0.3 is 0 Å². The van der Waals surface area contributed by atoms with Crippen LogP contribution in [-0.4, -0.2) is 25.1 Å². The van der Waals surface area contributed by atoms with Gasteiger partial charge < -0.3 is 10.2 Å². The molecule has 2 heterocycles. The van der Waals surface area contributed by atoms with Crippen LogP contribution in [0.15, 0.2) is 12.3 Å². The molecule has 0 unspecified atom stereocenters. The Morgan fingerprint density at radius 1 is 1.40 bits per heavy atom. The predicted octanol–water partition coefficient (Wildman–Crippen LogP) is 1.71. The number of anilines is 1. The lowest BCUT2D eigenvalue weighted by molar-refractivity contribution is 0.802. The van der Waals surface area contributed by atoms with Gasteiger partial charge in [0.2, 0.25) is 0 Å². The maximum atomic E-state index is 4.36. The third-order valence-corrected chi connectivity index (χ3v) is 2.91. The summed E-state index contributed by atoms with van der Waals surface area (Å²) in [7, 11) is 1.98. The molecular formula is C12H19N3. The third-order valence-electron chi connectivity index (χ3n) is 2.91. The van der Waals surface area contributed by atoms with Crippen molar-refractivity contribution in [3.05, 3.63) is 23.5 Å². The van der Waals surface area contributed by atoms with E-state index < -0.39 is 0 Å². The van der Waals surface area contributed by atoms with Crippen molar-refractivity contribution in [3.8, 4) is 0 Å². The van der Waals surface area contributed by atoms with Crippen LogP contribution in [0.2, 0.25) is 0 Å². The lowest BCUT2D eigenvalue weighted by Gasteiger charge is -2.21. The van der Waals surface area contributed by atoms with Crippen LogP contribution >= 0.6 is 0 Å². The average Bonchev–Trinajstić information content (AvgIpc) is 2.74. The van der Waals surface area contributed by atoms with Crippen molar-refractivity contribution >= 4 is 5.69 Å². The zero-order valence-electron chi connectivity index (χ0n) is 9.58. The number of aryl methyl sites for hydroxylation is 1. The van der Waals surface area contributed by atoms with Crippen LogP contribution in [0.5, 0.6) is 0 Å². The third kappa shape index (κ3) is 2.29. The normalized spacial score (nSPS) is 16.0. The molecule has 0 amide bonds. The largest absolute Gasteiger partial charge is 0.371 e. The highest BCUT2D eigenvalue weighted by Crippen LogP contribution is 2.24. The molecule has 1 aromatic rings. The number of nitrogens with one attached hydrogen (secondary N) is 1. The van der Waals surface area contributed by atoms with Gasteiger partial charge in [0.25, 0.3) is 0 Å². The molecule has 3 heteroatoms. The highest BCUT2D eigenvalue weighted by Gasteiger charge is 2.15. The topological polar surface area (TPSA) is 28.2 Å². The highest BCUT2D eigenvalue weighted by molar-refractivity contribution is 5.54. The minimum atomic E-state index is 0.902. The Labute approximate surface area is 91.5 Å². The first-order chi connectivity index (χ1) is 7.31. The van der Waals surface area contributed by atoms with Crippen molar-refractivity contribution in [1.29, 1.82) is 0 Å². The van der Waals surface area contributed by atoms with Gasteiger partial charge in [-0.15, -0.1) is 0 Å². The van der Waals surface area contributed by atoms with E-state index in [2.05, 4.69) is 28.2 Å². The van der Waals surface area contributed by atoms with Crippen LogP contribution in [0.25, 0.3) is 0 Å². The molecule has 1 aliphatic heterocycles. The van der Waals surface area contributed by atoms with Crippen LogP contribution in [0.4, 0.5) is 5.69 Å². The zero-order chi connectivity index (χ0) is 10.7. The zero-order valence-corrected chi connectivity index (χ0v) is 9.58.